The molecule has 1 amide bonds. The van der Waals surface area contributed by atoms with Crippen molar-refractivity contribution in [1.82, 2.24) is 5.43 Å². The van der Waals surface area contributed by atoms with Gasteiger partial charge < -0.3 is 19.3 Å². The van der Waals surface area contributed by atoms with Crippen LogP contribution in [0.25, 0.3) is 0 Å². The normalized spacial score (nSPS) is 15.8. The van der Waals surface area contributed by atoms with E-state index in [2.05, 4.69) is 26.5 Å². The first-order chi connectivity index (χ1) is 12.1. The Bertz CT molecular complexity index is 825. The summed E-state index contributed by atoms with van der Waals surface area (Å²) in [6.45, 7) is 0.108. The Hall–Kier alpha value is -2.74. The maximum Gasteiger partial charge on any atom is 0.284 e. The van der Waals surface area contributed by atoms with Gasteiger partial charge in [0.25, 0.3) is 5.91 Å². The van der Waals surface area contributed by atoms with Crippen molar-refractivity contribution in [2.75, 3.05) is 13.7 Å². The molecule has 0 bridgehead atoms. The van der Waals surface area contributed by atoms with E-state index in [1.807, 2.05) is 6.07 Å². The van der Waals surface area contributed by atoms with Gasteiger partial charge in [-0.15, -0.1) is 0 Å². The van der Waals surface area contributed by atoms with Gasteiger partial charge in [-0.3, -0.25) is 4.79 Å². The summed E-state index contributed by atoms with van der Waals surface area (Å²) in [6.07, 6.45) is 0.649. The van der Waals surface area contributed by atoms with E-state index in [-0.39, 0.29) is 12.4 Å². The number of halogens is 1. The topological polar surface area (TPSA) is 89.4 Å². The van der Waals surface area contributed by atoms with E-state index in [1.54, 1.807) is 30.3 Å². The molecule has 2 aromatic carbocycles. The van der Waals surface area contributed by atoms with Gasteiger partial charge in [0.1, 0.15) is 6.61 Å². The summed E-state index contributed by atoms with van der Waals surface area (Å²) < 4.78 is 16.6. The first-order valence-corrected chi connectivity index (χ1v) is 8.15. The Labute approximate surface area is 152 Å². The van der Waals surface area contributed by atoms with Crippen molar-refractivity contribution in [2.24, 2.45) is 5.10 Å². The van der Waals surface area contributed by atoms with Crippen molar-refractivity contribution in [3.05, 3.63) is 46.4 Å². The number of phenols is 1. The summed E-state index contributed by atoms with van der Waals surface area (Å²) in [4.78, 5) is 12.1. The third kappa shape index (κ3) is 3.85. The molecule has 8 heteroatoms. The quantitative estimate of drug-likeness (QED) is 0.601. The number of phenolic OH excluding ortho intramolecular Hbond substituents is 1. The second-order valence-corrected chi connectivity index (χ2v) is 6.01. The number of nitrogens with one attached hydrogen (secondary N) is 1. The minimum atomic E-state index is -0.784. The molecular weight excluding hydrogens is 392 g/mol. The zero-order valence-corrected chi connectivity index (χ0v) is 14.8. The monoisotopic (exact) mass is 406 g/mol. The van der Waals surface area contributed by atoms with E-state index < -0.39 is 12.0 Å². The highest BCUT2D eigenvalue weighted by molar-refractivity contribution is 9.10. The van der Waals surface area contributed by atoms with Crippen LogP contribution in [0.3, 0.4) is 0 Å². The van der Waals surface area contributed by atoms with Crippen LogP contribution in [0.4, 0.5) is 0 Å². The van der Waals surface area contributed by atoms with Crippen LogP contribution in [-0.4, -0.2) is 37.0 Å². The second kappa shape index (κ2) is 7.43. The van der Waals surface area contributed by atoms with Crippen molar-refractivity contribution in [3.8, 4) is 23.0 Å². The van der Waals surface area contributed by atoms with Crippen LogP contribution in [-0.2, 0) is 4.79 Å². The molecule has 1 aliphatic heterocycles. The van der Waals surface area contributed by atoms with E-state index in [9.17, 15) is 9.90 Å². The minimum absolute atomic E-state index is 0.00453. The van der Waals surface area contributed by atoms with E-state index >= 15 is 0 Å². The third-order valence-corrected chi connectivity index (χ3v) is 4.06. The van der Waals surface area contributed by atoms with Crippen LogP contribution in [0.1, 0.15) is 5.56 Å². The van der Waals surface area contributed by atoms with Gasteiger partial charge in [-0.05, 0) is 45.8 Å². The summed E-state index contributed by atoms with van der Waals surface area (Å²) in [7, 11) is 1.45. The number of hydrogen-bond donors (Lipinski definition) is 2. The molecular formula is C17H15BrN2O5. The first-order valence-electron chi connectivity index (χ1n) is 7.36. The molecule has 0 saturated carbocycles. The lowest BCUT2D eigenvalue weighted by Gasteiger charge is -2.24. The summed E-state index contributed by atoms with van der Waals surface area (Å²) in [5, 5.41) is 13.7. The van der Waals surface area contributed by atoms with Gasteiger partial charge in [0.05, 0.1) is 17.8 Å². The van der Waals surface area contributed by atoms with Crippen molar-refractivity contribution in [3.63, 3.8) is 0 Å². The average molecular weight is 407 g/mol. The predicted octanol–water partition coefficient (Wildman–Crippen LogP) is 2.45. The van der Waals surface area contributed by atoms with Crippen molar-refractivity contribution >= 4 is 28.1 Å². The molecule has 1 unspecified atom stereocenters. The molecule has 1 heterocycles. The standard InChI is InChI=1S/C17H15BrN2O5/c1-23-14-7-10(6-11(18)16(14)21)8-19-20-17(22)15-9-24-12-4-2-3-5-13(12)25-15/h2-8,15,21H,9H2,1H3,(H,20,22). The van der Waals surface area contributed by atoms with Crippen LogP contribution < -0.4 is 19.6 Å². The molecule has 0 radical (unpaired) electrons. The van der Waals surface area contributed by atoms with Gasteiger partial charge in [-0.25, -0.2) is 5.43 Å². The van der Waals surface area contributed by atoms with Crippen molar-refractivity contribution in [2.45, 2.75) is 6.10 Å². The van der Waals surface area contributed by atoms with E-state index in [1.165, 1.54) is 13.3 Å². The number of carbonyl (C=O) groups is 1. The number of methoxy groups -OCH3 is 1. The predicted molar refractivity (Wildman–Crippen MR) is 94.4 cm³/mol. The van der Waals surface area contributed by atoms with Crippen LogP contribution in [0.15, 0.2) is 46.0 Å². The Balaban J connectivity index is 1.63. The van der Waals surface area contributed by atoms with Crippen LogP contribution in [0.2, 0.25) is 0 Å². The number of para-hydroxylation sites is 2. The summed E-state index contributed by atoms with van der Waals surface area (Å²) in [5.41, 5.74) is 3.04. The lowest BCUT2D eigenvalue weighted by molar-refractivity contribution is -0.130. The number of benzene rings is 2. The lowest BCUT2D eigenvalue weighted by Crippen LogP contribution is -2.42. The molecule has 1 atom stereocenters. The van der Waals surface area contributed by atoms with Gasteiger partial charge in [0.15, 0.2) is 23.0 Å². The number of amides is 1. The minimum Gasteiger partial charge on any atom is -0.503 e. The largest absolute Gasteiger partial charge is 0.503 e. The van der Waals surface area contributed by atoms with Gasteiger partial charge in [0, 0.05) is 0 Å². The molecule has 2 aromatic rings. The number of rotatable bonds is 4. The average Bonchev–Trinajstić information content (AvgIpc) is 2.63. The van der Waals surface area contributed by atoms with Crippen molar-refractivity contribution < 1.29 is 24.1 Å². The third-order valence-electron chi connectivity index (χ3n) is 3.46. The Morgan fingerprint density at radius 1 is 1.40 bits per heavy atom. The van der Waals surface area contributed by atoms with Gasteiger partial charge >= 0.3 is 0 Å². The molecule has 0 fully saturated rings. The molecule has 0 aromatic heterocycles. The van der Waals surface area contributed by atoms with E-state index in [4.69, 9.17) is 14.2 Å². The van der Waals surface area contributed by atoms with E-state index in [0.717, 1.165) is 0 Å². The van der Waals surface area contributed by atoms with Gasteiger partial charge in [-0.2, -0.15) is 5.10 Å². The molecule has 130 valence electrons. The number of ether oxygens (including phenoxy) is 3. The van der Waals surface area contributed by atoms with Crippen LogP contribution >= 0.6 is 15.9 Å². The van der Waals surface area contributed by atoms with Gasteiger partial charge in [-0.1, -0.05) is 12.1 Å². The lowest BCUT2D eigenvalue weighted by atomic mass is 10.2. The highest BCUT2D eigenvalue weighted by Crippen LogP contribution is 2.34. The molecule has 0 saturated heterocycles. The van der Waals surface area contributed by atoms with Gasteiger partial charge in [0.2, 0.25) is 6.10 Å². The first kappa shape index (κ1) is 17.1. The maximum absolute atomic E-state index is 12.1. The van der Waals surface area contributed by atoms with Crippen molar-refractivity contribution in [1.29, 1.82) is 0 Å². The Morgan fingerprint density at radius 2 is 2.16 bits per heavy atom. The molecule has 0 spiro atoms. The number of hydrazone groups is 1. The molecule has 1 aliphatic rings. The molecule has 2 N–H and O–H groups in total. The Morgan fingerprint density at radius 3 is 2.92 bits per heavy atom. The number of nitrogens with zero attached hydrogens (tertiary/aromatic N) is 1. The van der Waals surface area contributed by atoms with Crippen LogP contribution in [0, 0.1) is 0 Å². The zero-order valence-electron chi connectivity index (χ0n) is 13.2. The fraction of sp³-hybridized carbons (Fsp3) is 0.176. The number of aromatic hydroxyl groups is 1. The highest BCUT2D eigenvalue weighted by Gasteiger charge is 2.26. The van der Waals surface area contributed by atoms with E-state index in [0.29, 0.717) is 27.3 Å². The Kier molecular flexibility index (Phi) is 5.08. The highest BCUT2D eigenvalue weighted by atomic mass is 79.9. The summed E-state index contributed by atoms with van der Waals surface area (Å²) in [6, 6.07) is 10.4. The number of hydrogen-bond acceptors (Lipinski definition) is 6. The smallest absolute Gasteiger partial charge is 0.284 e. The zero-order chi connectivity index (χ0) is 17.8. The molecule has 7 nitrogen and oxygen atoms in total. The SMILES string of the molecule is COc1cc(C=NNC(=O)C2COc3ccccc3O2)cc(Br)c1O. The number of fused-ring (bicyclic) bond motifs is 1. The molecule has 25 heavy (non-hydrogen) atoms. The summed E-state index contributed by atoms with van der Waals surface area (Å²) in [5.74, 6) is 0.995. The van der Waals surface area contributed by atoms with Crippen LogP contribution in [0.5, 0.6) is 23.0 Å². The molecule has 3 rings (SSSR count). The summed E-state index contributed by atoms with van der Waals surface area (Å²) >= 11 is 3.22. The maximum atomic E-state index is 12.1. The number of carbonyl (C=O) groups excluding carboxylic acids is 1. The molecule has 0 aliphatic carbocycles. The fourth-order valence-corrected chi connectivity index (χ4v) is 2.67. The fourth-order valence-electron chi connectivity index (χ4n) is 2.22. The second-order valence-electron chi connectivity index (χ2n) is 5.15.